The van der Waals surface area contributed by atoms with Crippen molar-refractivity contribution in [2.45, 2.75) is 38.1 Å². The van der Waals surface area contributed by atoms with E-state index in [1.54, 1.807) is 0 Å². The summed E-state index contributed by atoms with van der Waals surface area (Å²) < 4.78 is 2.08. The van der Waals surface area contributed by atoms with Gasteiger partial charge in [0, 0.05) is 25.2 Å². The van der Waals surface area contributed by atoms with Gasteiger partial charge in [0.15, 0.2) is 0 Å². The molecule has 1 amide bonds. The van der Waals surface area contributed by atoms with Gasteiger partial charge in [-0.15, -0.1) is 12.3 Å². The van der Waals surface area contributed by atoms with Crippen LogP contribution in [0.25, 0.3) is 0 Å². The highest BCUT2D eigenvalue weighted by Gasteiger charge is 2.26. The van der Waals surface area contributed by atoms with E-state index in [9.17, 15) is 4.79 Å². The maximum absolute atomic E-state index is 11.9. The van der Waals surface area contributed by atoms with Crippen LogP contribution in [0.4, 0.5) is 0 Å². The van der Waals surface area contributed by atoms with Gasteiger partial charge in [-0.3, -0.25) is 4.79 Å². The van der Waals surface area contributed by atoms with E-state index in [2.05, 4.69) is 15.8 Å². The maximum Gasteiger partial charge on any atom is 0.267 e. The van der Waals surface area contributed by atoms with E-state index < -0.39 is 0 Å². The van der Waals surface area contributed by atoms with Crippen LogP contribution in [0.5, 0.6) is 0 Å². The van der Waals surface area contributed by atoms with Crippen LogP contribution in [-0.4, -0.2) is 17.0 Å². The Labute approximate surface area is 102 Å². The molecular weight excluding hydrogens is 212 g/mol. The zero-order chi connectivity index (χ0) is 12.1. The fourth-order valence-electron chi connectivity index (χ4n) is 1.90. The summed E-state index contributed by atoms with van der Waals surface area (Å²) in [7, 11) is 0. The summed E-state index contributed by atoms with van der Waals surface area (Å²) in [5.74, 6) is 2.63. The second-order valence-corrected chi connectivity index (χ2v) is 4.45. The number of carbonyl (C=O) groups excluding carboxylic acids is 1. The number of amides is 1. The topological polar surface area (TPSA) is 34.0 Å². The molecule has 1 aliphatic rings. The van der Waals surface area contributed by atoms with Crippen molar-refractivity contribution >= 4 is 5.91 Å². The summed E-state index contributed by atoms with van der Waals surface area (Å²) in [4.78, 5) is 11.9. The molecule has 0 aliphatic heterocycles. The first-order valence-electron chi connectivity index (χ1n) is 6.21. The number of carbonyl (C=O) groups is 1. The predicted octanol–water partition coefficient (Wildman–Crippen LogP) is 2.36. The van der Waals surface area contributed by atoms with Crippen LogP contribution in [0, 0.1) is 12.3 Å². The number of unbranched alkanes of at least 4 members (excludes halogenated alkanes) is 2. The minimum Gasteiger partial charge on any atom is -0.351 e. The molecule has 1 heterocycles. The Morgan fingerprint density at radius 1 is 1.53 bits per heavy atom. The molecule has 1 N–H and O–H groups in total. The lowest BCUT2D eigenvalue weighted by molar-refractivity contribution is 0.0943. The number of aromatic nitrogens is 1. The molecule has 90 valence electrons. The van der Waals surface area contributed by atoms with E-state index in [0.29, 0.717) is 12.6 Å². The molecule has 3 nitrogen and oxygen atoms in total. The first kappa shape index (κ1) is 11.8. The fourth-order valence-corrected chi connectivity index (χ4v) is 1.90. The largest absolute Gasteiger partial charge is 0.351 e. The normalized spacial score (nSPS) is 14.3. The molecule has 17 heavy (non-hydrogen) atoms. The van der Waals surface area contributed by atoms with E-state index in [1.807, 2.05) is 18.3 Å². The van der Waals surface area contributed by atoms with Crippen molar-refractivity contribution in [1.82, 2.24) is 9.88 Å². The average Bonchev–Trinajstić information content (AvgIpc) is 3.06. The Morgan fingerprint density at radius 2 is 2.35 bits per heavy atom. The molecule has 1 aromatic heterocycles. The number of nitrogens with one attached hydrogen (secondary N) is 1. The molecule has 0 bridgehead atoms. The van der Waals surface area contributed by atoms with Gasteiger partial charge in [-0.25, -0.2) is 0 Å². The second-order valence-electron chi connectivity index (χ2n) is 4.45. The summed E-state index contributed by atoms with van der Waals surface area (Å²) in [6.07, 6.45) is 12.2. The van der Waals surface area contributed by atoms with Crippen LogP contribution in [0.3, 0.4) is 0 Å². The van der Waals surface area contributed by atoms with Gasteiger partial charge in [0.25, 0.3) is 5.91 Å². The van der Waals surface area contributed by atoms with Gasteiger partial charge in [0.05, 0.1) is 0 Å². The molecule has 3 heteroatoms. The van der Waals surface area contributed by atoms with Gasteiger partial charge in [-0.1, -0.05) is 0 Å². The Kier molecular flexibility index (Phi) is 3.87. The number of hydrogen-bond acceptors (Lipinski definition) is 1. The molecule has 1 saturated carbocycles. The molecular formula is C14H18N2O. The molecule has 0 aromatic carbocycles. The average molecular weight is 230 g/mol. The fraction of sp³-hybridized carbons (Fsp3) is 0.500. The Hall–Kier alpha value is -1.69. The van der Waals surface area contributed by atoms with Crippen LogP contribution >= 0.6 is 0 Å². The number of terminal acetylenes is 1. The lowest BCUT2D eigenvalue weighted by Gasteiger charge is -2.08. The maximum atomic E-state index is 11.9. The Morgan fingerprint density at radius 3 is 3.06 bits per heavy atom. The lowest BCUT2D eigenvalue weighted by Crippen LogP contribution is -2.26. The van der Waals surface area contributed by atoms with Gasteiger partial charge < -0.3 is 9.88 Å². The third-order valence-electron chi connectivity index (χ3n) is 2.99. The monoisotopic (exact) mass is 230 g/mol. The predicted molar refractivity (Wildman–Crippen MR) is 67.7 cm³/mol. The van der Waals surface area contributed by atoms with Crippen molar-refractivity contribution in [2.75, 3.05) is 6.54 Å². The minimum absolute atomic E-state index is 0.0302. The number of hydrogen-bond donors (Lipinski definition) is 1. The van der Waals surface area contributed by atoms with Crippen molar-refractivity contribution in [1.29, 1.82) is 0 Å². The molecule has 0 spiro atoms. The van der Waals surface area contributed by atoms with Crippen molar-refractivity contribution in [2.24, 2.45) is 0 Å². The minimum atomic E-state index is 0.0302. The third kappa shape index (κ3) is 3.13. The summed E-state index contributed by atoms with van der Waals surface area (Å²) >= 11 is 0. The summed E-state index contributed by atoms with van der Waals surface area (Å²) in [6.45, 7) is 0.705. The van der Waals surface area contributed by atoms with Crippen molar-refractivity contribution in [3.8, 4) is 12.3 Å². The molecule has 0 atom stereocenters. The zero-order valence-corrected chi connectivity index (χ0v) is 9.98. The van der Waals surface area contributed by atoms with Gasteiger partial charge >= 0.3 is 0 Å². The SMILES string of the molecule is C#CCCCCNC(=O)c1cccn1C1CC1. The highest BCUT2D eigenvalue weighted by Crippen LogP contribution is 2.35. The highest BCUT2D eigenvalue weighted by molar-refractivity contribution is 5.92. The standard InChI is InChI=1S/C14H18N2O/c1-2-3-4-5-10-15-14(17)13-7-6-11-16(13)12-8-9-12/h1,6-7,11-12H,3-5,8-10H2,(H,15,17). The van der Waals surface area contributed by atoms with E-state index >= 15 is 0 Å². The highest BCUT2D eigenvalue weighted by atomic mass is 16.1. The van der Waals surface area contributed by atoms with Gasteiger partial charge in [0.1, 0.15) is 5.69 Å². The van der Waals surface area contributed by atoms with Crippen molar-refractivity contribution in [3.63, 3.8) is 0 Å². The van der Waals surface area contributed by atoms with Crippen LogP contribution in [0.2, 0.25) is 0 Å². The molecule has 0 radical (unpaired) electrons. The first-order chi connectivity index (χ1) is 8.33. The quantitative estimate of drug-likeness (QED) is 0.590. The molecule has 0 saturated heterocycles. The van der Waals surface area contributed by atoms with Gasteiger partial charge in [-0.2, -0.15) is 0 Å². The summed E-state index contributed by atoms with van der Waals surface area (Å²) in [5, 5.41) is 2.94. The zero-order valence-electron chi connectivity index (χ0n) is 9.98. The number of rotatable bonds is 6. The molecule has 2 rings (SSSR count). The third-order valence-corrected chi connectivity index (χ3v) is 2.99. The van der Waals surface area contributed by atoms with Crippen LogP contribution in [-0.2, 0) is 0 Å². The Bertz CT molecular complexity index is 424. The lowest BCUT2D eigenvalue weighted by atomic mass is 10.2. The van der Waals surface area contributed by atoms with Crippen LogP contribution in [0.15, 0.2) is 18.3 Å². The van der Waals surface area contributed by atoms with Crippen LogP contribution < -0.4 is 5.32 Å². The smallest absolute Gasteiger partial charge is 0.267 e. The van der Waals surface area contributed by atoms with Crippen molar-refractivity contribution < 1.29 is 4.79 Å². The van der Waals surface area contributed by atoms with E-state index in [1.165, 1.54) is 12.8 Å². The summed E-state index contributed by atoms with van der Waals surface area (Å²) in [6, 6.07) is 4.37. The Balaban J connectivity index is 1.79. The molecule has 1 fully saturated rings. The molecule has 1 aromatic rings. The first-order valence-corrected chi connectivity index (χ1v) is 6.21. The molecule has 1 aliphatic carbocycles. The van der Waals surface area contributed by atoms with E-state index in [0.717, 1.165) is 25.0 Å². The van der Waals surface area contributed by atoms with Gasteiger partial charge in [-0.05, 0) is 37.8 Å². The van der Waals surface area contributed by atoms with E-state index in [-0.39, 0.29) is 5.91 Å². The second kappa shape index (κ2) is 5.58. The van der Waals surface area contributed by atoms with Gasteiger partial charge in [0.2, 0.25) is 0 Å². The summed E-state index contributed by atoms with van der Waals surface area (Å²) in [5.41, 5.74) is 0.782. The van der Waals surface area contributed by atoms with Crippen LogP contribution in [0.1, 0.15) is 48.6 Å². The number of nitrogens with zero attached hydrogens (tertiary/aromatic N) is 1. The molecule has 0 unspecified atom stereocenters. The van der Waals surface area contributed by atoms with Crippen molar-refractivity contribution in [3.05, 3.63) is 24.0 Å². The van der Waals surface area contributed by atoms with E-state index in [4.69, 9.17) is 6.42 Å².